The van der Waals surface area contributed by atoms with Crippen LogP contribution in [-0.2, 0) is 4.74 Å². The Hall–Kier alpha value is -2.67. The third kappa shape index (κ3) is 3.99. The highest BCUT2D eigenvalue weighted by Crippen LogP contribution is 2.33. The van der Waals surface area contributed by atoms with E-state index in [4.69, 9.17) is 21.3 Å². The number of nitrogens with zero attached hydrogens (tertiary/aromatic N) is 5. The molecule has 1 fully saturated rings. The number of rotatable bonds is 3. The highest BCUT2D eigenvalue weighted by Gasteiger charge is 2.35. The van der Waals surface area contributed by atoms with E-state index in [9.17, 15) is 4.79 Å². The first-order valence-electron chi connectivity index (χ1n) is 10.1. The molecule has 0 N–H and O–H groups in total. The molecule has 3 aromatic rings. The minimum Gasteiger partial charge on any atom is -0.444 e. The van der Waals surface area contributed by atoms with Crippen molar-refractivity contribution < 1.29 is 9.53 Å². The average molecular weight is 428 g/mol. The first-order chi connectivity index (χ1) is 14.1. The Bertz CT molecular complexity index is 1100. The lowest BCUT2D eigenvalue weighted by molar-refractivity contribution is -0.000382. The second kappa shape index (κ2) is 7.54. The Balaban J connectivity index is 1.56. The van der Waals surface area contributed by atoms with Gasteiger partial charge in [-0.1, -0.05) is 25.4 Å². The zero-order chi connectivity index (χ0) is 21.6. The molecule has 3 aromatic heterocycles. The van der Waals surface area contributed by atoms with E-state index < -0.39 is 5.60 Å². The smallest absolute Gasteiger partial charge is 0.410 e. The van der Waals surface area contributed by atoms with Crippen molar-refractivity contribution >= 4 is 28.5 Å². The van der Waals surface area contributed by atoms with Gasteiger partial charge >= 0.3 is 6.09 Å². The molecule has 0 atom stereocenters. The lowest BCUT2D eigenvalue weighted by Crippen LogP contribution is -2.52. The van der Waals surface area contributed by atoms with E-state index in [0.29, 0.717) is 24.2 Å². The first-order valence-corrected chi connectivity index (χ1v) is 10.5. The minimum atomic E-state index is -0.493. The normalized spacial score (nSPS) is 15.0. The maximum Gasteiger partial charge on any atom is 0.410 e. The molecule has 0 aliphatic carbocycles. The molecule has 0 aromatic carbocycles. The van der Waals surface area contributed by atoms with Crippen molar-refractivity contribution in [1.82, 2.24) is 24.6 Å². The highest BCUT2D eigenvalue weighted by molar-refractivity contribution is 6.30. The van der Waals surface area contributed by atoms with Gasteiger partial charge in [-0.25, -0.2) is 9.78 Å². The minimum absolute atomic E-state index is 0.125. The summed E-state index contributed by atoms with van der Waals surface area (Å²) < 4.78 is 7.31. The van der Waals surface area contributed by atoms with Gasteiger partial charge < -0.3 is 9.64 Å². The number of pyridine rings is 2. The maximum absolute atomic E-state index is 12.2. The molecule has 0 bridgehead atoms. The summed E-state index contributed by atoms with van der Waals surface area (Å²) in [5, 5.41) is 6.99. The van der Waals surface area contributed by atoms with Gasteiger partial charge in [0.2, 0.25) is 0 Å². The van der Waals surface area contributed by atoms with Crippen LogP contribution in [0.1, 0.15) is 52.1 Å². The largest absolute Gasteiger partial charge is 0.444 e. The van der Waals surface area contributed by atoms with Crippen molar-refractivity contribution in [3.8, 4) is 11.3 Å². The number of hydrogen-bond acceptors (Lipinski definition) is 5. The summed E-state index contributed by atoms with van der Waals surface area (Å²) >= 11 is 6.15. The van der Waals surface area contributed by atoms with Crippen molar-refractivity contribution in [2.75, 3.05) is 13.1 Å². The summed E-state index contributed by atoms with van der Waals surface area (Å²) in [5.74, 6) is 0.323. The van der Waals surface area contributed by atoms with Crippen LogP contribution in [-0.4, -0.2) is 49.4 Å². The zero-order valence-corrected chi connectivity index (χ0v) is 18.6. The number of likely N-dealkylation sites (tertiary alicyclic amines) is 1. The molecule has 30 heavy (non-hydrogen) atoms. The third-order valence-electron chi connectivity index (χ3n) is 5.15. The fraction of sp³-hybridized carbons (Fsp3) is 0.455. The standard InChI is InChI=1S/C22H26ClN5O2/c1-13(2)17-8-25-20(18-9-24-19(23)6-16(17)18)14-7-26-28(10-14)15-11-27(12-15)21(29)30-22(3,4)5/h6-10,13,15H,11-12H2,1-5H3. The van der Waals surface area contributed by atoms with Crippen molar-refractivity contribution in [3.63, 3.8) is 0 Å². The number of fused-ring (bicyclic) bond motifs is 1. The van der Waals surface area contributed by atoms with E-state index >= 15 is 0 Å². The van der Waals surface area contributed by atoms with Gasteiger partial charge in [0.15, 0.2) is 0 Å². The number of hydrogen-bond donors (Lipinski definition) is 0. The van der Waals surface area contributed by atoms with E-state index in [1.54, 1.807) is 11.1 Å². The summed E-state index contributed by atoms with van der Waals surface area (Å²) in [6, 6.07) is 2.02. The number of halogens is 1. The Morgan fingerprint density at radius 3 is 2.57 bits per heavy atom. The van der Waals surface area contributed by atoms with Crippen molar-refractivity contribution in [2.45, 2.75) is 52.2 Å². The Morgan fingerprint density at radius 1 is 1.17 bits per heavy atom. The van der Waals surface area contributed by atoms with Crippen LogP contribution in [0.25, 0.3) is 22.0 Å². The molecule has 8 heteroatoms. The lowest BCUT2D eigenvalue weighted by Gasteiger charge is -2.39. The Labute approximate surface area is 181 Å². The van der Waals surface area contributed by atoms with Gasteiger partial charge in [-0.15, -0.1) is 0 Å². The quantitative estimate of drug-likeness (QED) is 0.546. The summed E-state index contributed by atoms with van der Waals surface area (Å²) in [6.45, 7) is 11.0. The molecule has 4 heterocycles. The van der Waals surface area contributed by atoms with E-state index in [-0.39, 0.29) is 12.1 Å². The number of carbonyl (C=O) groups is 1. The predicted octanol–water partition coefficient (Wildman–Crippen LogP) is 5.06. The molecule has 1 aliphatic heterocycles. The average Bonchev–Trinajstić information content (AvgIpc) is 3.06. The summed E-state index contributed by atoms with van der Waals surface area (Å²) in [4.78, 5) is 22.8. The lowest BCUT2D eigenvalue weighted by atomic mass is 9.97. The molecule has 0 radical (unpaired) electrons. The molecule has 7 nitrogen and oxygen atoms in total. The SMILES string of the molecule is CC(C)c1cnc(-c2cnn(C3CN(C(=O)OC(C)(C)C)C3)c2)c2cnc(Cl)cc12. The molecule has 0 unspecified atom stereocenters. The summed E-state index contributed by atoms with van der Waals surface area (Å²) in [6.07, 6.45) is 7.18. The number of carbonyl (C=O) groups excluding carboxylic acids is 1. The molecule has 1 saturated heterocycles. The maximum atomic E-state index is 12.2. The van der Waals surface area contributed by atoms with Gasteiger partial charge in [-0.05, 0) is 43.7 Å². The summed E-state index contributed by atoms with van der Waals surface area (Å²) in [7, 11) is 0. The van der Waals surface area contributed by atoms with Crippen LogP contribution in [0.4, 0.5) is 4.79 Å². The van der Waals surface area contributed by atoms with Gasteiger partial charge in [0.25, 0.3) is 0 Å². The van der Waals surface area contributed by atoms with Crippen molar-refractivity contribution in [2.24, 2.45) is 0 Å². The molecular formula is C22H26ClN5O2. The van der Waals surface area contributed by atoms with Crippen LogP contribution in [0, 0.1) is 0 Å². The second-order valence-corrected chi connectivity index (χ2v) is 9.40. The molecule has 0 saturated carbocycles. The van der Waals surface area contributed by atoms with Crippen LogP contribution in [0.3, 0.4) is 0 Å². The second-order valence-electron chi connectivity index (χ2n) is 9.02. The van der Waals surface area contributed by atoms with Gasteiger partial charge in [0.1, 0.15) is 10.8 Å². The fourth-order valence-electron chi connectivity index (χ4n) is 3.58. The van der Waals surface area contributed by atoms with Crippen molar-refractivity contribution in [1.29, 1.82) is 0 Å². The van der Waals surface area contributed by atoms with Crippen molar-refractivity contribution in [3.05, 3.63) is 41.6 Å². The number of aromatic nitrogens is 4. The van der Waals surface area contributed by atoms with Crippen LogP contribution in [0.5, 0.6) is 0 Å². The van der Waals surface area contributed by atoms with E-state index in [1.807, 2.05) is 50.1 Å². The molecule has 158 valence electrons. The monoisotopic (exact) mass is 427 g/mol. The third-order valence-corrected chi connectivity index (χ3v) is 5.36. The molecule has 0 spiro atoms. The first kappa shape index (κ1) is 20.6. The van der Waals surface area contributed by atoms with Crippen LogP contribution < -0.4 is 0 Å². The van der Waals surface area contributed by atoms with Gasteiger partial charge in [0, 0.05) is 42.6 Å². The van der Waals surface area contributed by atoms with Gasteiger partial charge in [-0.2, -0.15) is 5.10 Å². The van der Waals surface area contributed by atoms with Gasteiger partial charge in [0.05, 0.1) is 17.9 Å². The predicted molar refractivity (Wildman–Crippen MR) is 117 cm³/mol. The van der Waals surface area contributed by atoms with E-state index in [1.165, 1.54) is 0 Å². The number of amides is 1. The van der Waals surface area contributed by atoms with Crippen LogP contribution in [0.2, 0.25) is 5.15 Å². The molecular weight excluding hydrogens is 402 g/mol. The summed E-state index contributed by atoms with van der Waals surface area (Å²) in [5.41, 5.74) is 2.38. The van der Waals surface area contributed by atoms with E-state index in [2.05, 4.69) is 23.9 Å². The van der Waals surface area contributed by atoms with Crippen LogP contribution in [0.15, 0.2) is 30.9 Å². The highest BCUT2D eigenvalue weighted by atomic mass is 35.5. The number of ether oxygens (including phenoxy) is 1. The Morgan fingerprint density at radius 2 is 1.90 bits per heavy atom. The zero-order valence-electron chi connectivity index (χ0n) is 17.9. The Kier molecular flexibility index (Phi) is 5.18. The molecule has 4 rings (SSSR count). The van der Waals surface area contributed by atoms with E-state index in [0.717, 1.165) is 27.6 Å². The fourth-order valence-corrected chi connectivity index (χ4v) is 3.74. The topological polar surface area (TPSA) is 73.1 Å². The molecule has 1 amide bonds. The molecule has 1 aliphatic rings. The van der Waals surface area contributed by atoms with Crippen LogP contribution >= 0.6 is 11.6 Å². The van der Waals surface area contributed by atoms with Gasteiger partial charge in [-0.3, -0.25) is 9.67 Å².